The Balaban J connectivity index is 2.59. The molecule has 7 heteroatoms. The Morgan fingerprint density at radius 1 is 1.50 bits per heavy atom. The number of halogens is 2. The van der Waals surface area contributed by atoms with Crippen LogP contribution in [0.5, 0.6) is 0 Å². The molecule has 0 N–H and O–H groups in total. The van der Waals surface area contributed by atoms with Gasteiger partial charge in [0, 0.05) is 0 Å². The van der Waals surface area contributed by atoms with Gasteiger partial charge in [-0.3, -0.25) is 4.79 Å². The number of nitrogens with zero attached hydrogens (tertiary/aromatic N) is 2. The van der Waals surface area contributed by atoms with Crippen LogP contribution in [0.3, 0.4) is 0 Å². The fraction of sp³-hybridized carbons (Fsp3) is 0.154. The monoisotopic (exact) mass is 296 g/mol. The van der Waals surface area contributed by atoms with Crippen LogP contribution in [0.4, 0.5) is 4.39 Å². The van der Waals surface area contributed by atoms with Crippen LogP contribution in [-0.4, -0.2) is 28.6 Å². The minimum absolute atomic E-state index is 0.0381. The van der Waals surface area contributed by atoms with Crippen molar-refractivity contribution in [2.75, 3.05) is 6.61 Å². The predicted octanol–water partition coefficient (Wildman–Crippen LogP) is 2.65. The lowest BCUT2D eigenvalue weighted by Crippen LogP contribution is -2.08. The normalized spacial score (nSPS) is 10.3. The predicted molar refractivity (Wildman–Crippen MR) is 69.9 cm³/mol. The molecule has 0 radical (unpaired) electrons. The maximum Gasteiger partial charge on any atom is 0.359 e. The largest absolute Gasteiger partial charge is 0.461 e. The Hall–Kier alpha value is -2.21. The third-order valence-electron chi connectivity index (χ3n) is 2.53. The van der Waals surface area contributed by atoms with Crippen LogP contribution in [0.25, 0.3) is 5.69 Å². The van der Waals surface area contributed by atoms with Gasteiger partial charge in [0.2, 0.25) is 0 Å². The van der Waals surface area contributed by atoms with Gasteiger partial charge in [0.15, 0.2) is 12.0 Å². The molecule has 0 aliphatic carbocycles. The molecule has 1 heterocycles. The zero-order valence-corrected chi connectivity index (χ0v) is 11.2. The first-order chi connectivity index (χ1) is 9.60. The van der Waals surface area contributed by atoms with Crippen molar-refractivity contribution in [2.24, 2.45) is 0 Å². The lowest BCUT2D eigenvalue weighted by Gasteiger charge is -2.03. The highest BCUT2D eigenvalue weighted by molar-refractivity contribution is 6.33. The van der Waals surface area contributed by atoms with Gasteiger partial charge in [0.25, 0.3) is 0 Å². The van der Waals surface area contributed by atoms with Crippen LogP contribution in [0.1, 0.15) is 27.8 Å². The van der Waals surface area contributed by atoms with Crippen molar-refractivity contribution in [3.8, 4) is 5.69 Å². The van der Waals surface area contributed by atoms with Crippen LogP contribution < -0.4 is 0 Å². The second-order valence-electron chi connectivity index (χ2n) is 3.75. The Labute approximate surface area is 118 Å². The molecule has 2 aromatic rings. The number of hydrogen-bond donors (Lipinski definition) is 0. The highest BCUT2D eigenvalue weighted by Gasteiger charge is 2.24. The second-order valence-corrected chi connectivity index (χ2v) is 4.11. The summed E-state index contributed by atoms with van der Waals surface area (Å²) >= 11 is 5.98. The van der Waals surface area contributed by atoms with Crippen LogP contribution in [0.15, 0.2) is 24.3 Å². The van der Waals surface area contributed by atoms with Crippen molar-refractivity contribution in [1.82, 2.24) is 9.78 Å². The molecular weight excluding hydrogens is 287 g/mol. The average Bonchev–Trinajstić information content (AvgIpc) is 2.76. The standard InChI is InChI=1S/C13H10ClFN2O3/c1-2-20-13(19)11-8(7-18)12(14)17(16-11)10-6-4-3-5-9(10)15/h3-7H,2H2,1H3. The van der Waals surface area contributed by atoms with Crippen molar-refractivity contribution in [1.29, 1.82) is 0 Å². The number of para-hydroxylation sites is 1. The van der Waals surface area contributed by atoms with E-state index in [4.69, 9.17) is 16.3 Å². The molecule has 0 saturated carbocycles. The molecule has 5 nitrogen and oxygen atoms in total. The summed E-state index contributed by atoms with van der Waals surface area (Å²) in [5, 5.41) is 3.72. The number of rotatable bonds is 4. The maximum absolute atomic E-state index is 13.7. The lowest BCUT2D eigenvalue weighted by molar-refractivity contribution is 0.0517. The van der Waals surface area contributed by atoms with Gasteiger partial charge < -0.3 is 4.74 Å². The number of esters is 1. The van der Waals surface area contributed by atoms with Crippen LogP contribution in [-0.2, 0) is 4.74 Å². The van der Waals surface area contributed by atoms with E-state index < -0.39 is 11.8 Å². The van der Waals surface area contributed by atoms with Gasteiger partial charge in [0.05, 0.1) is 12.2 Å². The summed E-state index contributed by atoms with van der Waals surface area (Å²) in [6.45, 7) is 1.75. The molecule has 104 valence electrons. The smallest absolute Gasteiger partial charge is 0.359 e. The van der Waals surface area contributed by atoms with Crippen molar-refractivity contribution in [3.63, 3.8) is 0 Å². The quantitative estimate of drug-likeness (QED) is 0.643. The van der Waals surface area contributed by atoms with Gasteiger partial charge in [-0.25, -0.2) is 13.9 Å². The third-order valence-corrected chi connectivity index (χ3v) is 2.89. The minimum atomic E-state index is -0.786. The van der Waals surface area contributed by atoms with Gasteiger partial charge >= 0.3 is 5.97 Å². The van der Waals surface area contributed by atoms with E-state index in [9.17, 15) is 14.0 Å². The number of aldehydes is 1. The zero-order valence-electron chi connectivity index (χ0n) is 10.5. The van der Waals surface area contributed by atoms with Gasteiger partial charge in [-0.15, -0.1) is 0 Å². The fourth-order valence-corrected chi connectivity index (χ4v) is 1.91. The van der Waals surface area contributed by atoms with Crippen molar-refractivity contribution >= 4 is 23.9 Å². The molecule has 0 amide bonds. The lowest BCUT2D eigenvalue weighted by atomic mass is 10.2. The van der Waals surface area contributed by atoms with E-state index in [0.717, 1.165) is 4.68 Å². The summed E-state index contributed by atoms with van der Waals surface area (Å²) in [6, 6.07) is 5.74. The fourth-order valence-electron chi connectivity index (χ4n) is 1.65. The van der Waals surface area contributed by atoms with Crippen molar-refractivity contribution in [2.45, 2.75) is 6.92 Å². The number of aromatic nitrogens is 2. The minimum Gasteiger partial charge on any atom is -0.461 e. The summed E-state index contributed by atoms with van der Waals surface area (Å²) < 4.78 is 19.5. The molecule has 0 saturated heterocycles. The van der Waals surface area contributed by atoms with Crippen molar-refractivity contribution < 1.29 is 18.7 Å². The number of ether oxygens (including phenoxy) is 1. The first-order valence-electron chi connectivity index (χ1n) is 5.75. The molecule has 0 aliphatic rings. The third kappa shape index (κ3) is 2.42. The summed E-state index contributed by atoms with van der Waals surface area (Å²) in [5.74, 6) is -1.36. The molecule has 0 aliphatic heterocycles. The van der Waals surface area contributed by atoms with E-state index in [2.05, 4.69) is 5.10 Å². The van der Waals surface area contributed by atoms with E-state index in [0.29, 0.717) is 6.29 Å². The molecule has 0 atom stereocenters. The molecular formula is C13H10ClFN2O3. The second kappa shape index (κ2) is 5.83. The molecule has 2 rings (SSSR count). The van der Waals surface area contributed by atoms with Crippen LogP contribution in [0.2, 0.25) is 5.15 Å². The van der Waals surface area contributed by atoms with Gasteiger partial charge in [-0.2, -0.15) is 5.10 Å². The molecule has 0 fully saturated rings. The summed E-state index contributed by atoms with van der Waals surface area (Å²) in [4.78, 5) is 22.7. The van der Waals surface area contributed by atoms with Crippen LogP contribution in [0, 0.1) is 5.82 Å². The van der Waals surface area contributed by atoms with Crippen molar-refractivity contribution in [3.05, 3.63) is 46.5 Å². The van der Waals surface area contributed by atoms with Gasteiger partial charge in [0.1, 0.15) is 16.7 Å². The molecule has 1 aromatic heterocycles. The number of carbonyl (C=O) groups excluding carboxylic acids is 2. The SMILES string of the molecule is CCOC(=O)c1nn(-c2ccccc2F)c(Cl)c1C=O. The average molecular weight is 297 g/mol. The Morgan fingerprint density at radius 2 is 2.20 bits per heavy atom. The summed E-state index contributed by atoms with van der Waals surface area (Å²) in [5.41, 5.74) is -0.334. The Kier molecular flexibility index (Phi) is 4.14. The zero-order chi connectivity index (χ0) is 14.7. The van der Waals surface area contributed by atoms with E-state index in [1.54, 1.807) is 13.0 Å². The number of hydrogen-bond acceptors (Lipinski definition) is 4. The maximum atomic E-state index is 13.7. The number of carbonyl (C=O) groups is 2. The molecule has 0 unspecified atom stereocenters. The Morgan fingerprint density at radius 3 is 2.80 bits per heavy atom. The van der Waals surface area contributed by atoms with Gasteiger partial charge in [-0.1, -0.05) is 23.7 Å². The topological polar surface area (TPSA) is 61.2 Å². The molecule has 20 heavy (non-hydrogen) atoms. The van der Waals surface area contributed by atoms with E-state index >= 15 is 0 Å². The van der Waals surface area contributed by atoms with E-state index in [1.165, 1.54) is 18.2 Å². The first-order valence-corrected chi connectivity index (χ1v) is 6.13. The highest BCUT2D eigenvalue weighted by Crippen LogP contribution is 2.24. The number of benzene rings is 1. The van der Waals surface area contributed by atoms with E-state index in [-0.39, 0.29) is 28.7 Å². The first kappa shape index (κ1) is 14.2. The van der Waals surface area contributed by atoms with E-state index in [1.807, 2.05) is 0 Å². The molecule has 0 spiro atoms. The van der Waals surface area contributed by atoms with Gasteiger partial charge in [-0.05, 0) is 19.1 Å². The summed E-state index contributed by atoms with van der Waals surface area (Å²) in [7, 11) is 0. The summed E-state index contributed by atoms with van der Waals surface area (Å²) in [6.07, 6.45) is 0.388. The molecule has 1 aromatic carbocycles. The Bertz CT molecular complexity index is 670. The molecule has 0 bridgehead atoms. The van der Waals surface area contributed by atoms with Crippen LogP contribution >= 0.6 is 11.6 Å². The highest BCUT2D eigenvalue weighted by atomic mass is 35.5.